The Labute approximate surface area is 149 Å². The summed E-state index contributed by atoms with van der Waals surface area (Å²) in [6, 6.07) is 0. The van der Waals surface area contributed by atoms with Crippen LogP contribution in [0.15, 0.2) is 22.7 Å². The molecular formula is C10H10Na2O6. The average Bonchev–Trinajstić information content (AvgIpc) is 2.29. The Morgan fingerprint density at radius 1 is 0.889 bits per heavy atom. The zero-order chi connectivity index (χ0) is 12.3. The van der Waals surface area contributed by atoms with Crippen molar-refractivity contribution in [2.75, 3.05) is 14.2 Å². The Morgan fingerprint density at radius 2 is 1.17 bits per heavy atom. The number of hydrogen-bond donors (Lipinski definition) is 0. The smallest absolute Gasteiger partial charge is 0.875 e. The minimum absolute atomic E-state index is 0. The van der Waals surface area contributed by atoms with Crippen molar-refractivity contribution in [3.63, 3.8) is 0 Å². The molecule has 0 unspecified atom stereocenters. The Balaban J connectivity index is 0. The molecule has 0 fully saturated rings. The van der Waals surface area contributed by atoms with Crippen LogP contribution in [0.1, 0.15) is 12.8 Å². The van der Waals surface area contributed by atoms with E-state index in [-0.39, 0.29) is 70.3 Å². The van der Waals surface area contributed by atoms with Gasteiger partial charge < -0.3 is 19.7 Å². The van der Waals surface area contributed by atoms with Gasteiger partial charge >= 0.3 is 71.1 Å². The molecule has 88 valence electrons. The molecular weight excluding hydrogens is 262 g/mol. The van der Waals surface area contributed by atoms with Crippen molar-refractivity contribution < 1.29 is 88.4 Å². The summed E-state index contributed by atoms with van der Waals surface area (Å²) >= 11 is 0. The Kier molecular flexibility index (Phi) is 10.2. The molecule has 1 rings (SSSR count). The fourth-order valence-electron chi connectivity index (χ4n) is 1.35. The van der Waals surface area contributed by atoms with Gasteiger partial charge in [-0.05, 0) is 12.8 Å². The van der Waals surface area contributed by atoms with Gasteiger partial charge in [-0.3, -0.25) is 0 Å². The minimum Gasteiger partial charge on any atom is -0.875 e. The van der Waals surface area contributed by atoms with Gasteiger partial charge in [-0.2, -0.15) is 0 Å². The normalized spacial score (nSPS) is 14.3. The zero-order valence-electron chi connectivity index (χ0n) is 10.9. The first-order valence-electron chi connectivity index (χ1n) is 4.46. The number of hydrogen-bond acceptors (Lipinski definition) is 6. The van der Waals surface area contributed by atoms with Crippen molar-refractivity contribution in [3.8, 4) is 0 Å². The van der Waals surface area contributed by atoms with Gasteiger partial charge in [0.25, 0.3) is 0 Å². The predicted molar refractivity (Wildman–Crippen MR) is 47.3 cm³/mol. The van der Waals surface area contributed by atoms with Crippen LogP contribution in [0.3, 0.4) is 0 Å². The standard InChI is InChI=1S/C10H12O6.2Na/c1-15-9(13)5-3-8(12)6(4-7(5)11)10(14)16-2;;/h11-12H,3-4H2,1-2H3;;/q;2*+1/p-2. The monoisotopic (exact) mass is 272 g/mol. The molecule has 6 nitrogen and oxygen atoms in total. The average molecular weight is 272 g/mol. The summed E-state index contributed by atoms with van der Waals surface area (Å²) < 4.78 is 8.71. The number of carbonyl (C=O) groups excluding carboxylic acids is 2. The van der Waals surface area contributed by atoms with Crippen LogP contribution in [-0.2, 0) is 19.1 Å². The molecule has 18 heavy (non-hydrogen) atoms. The van der Waals surface area contributed by atoms with Crippen molar-refractivity contribution in [2.24, 2.45) is 0 Å². The van der Waals surface area contributed by atoms with E-state index in [0.717, 1.165) is 14.2 Å². The summed E-state index contributed by atoms with van der Waals surface area (Å²) in [5.41, 5.74) is -0.444. The van der Waals surface area contributed by atoms with E-state index in [1.54, 1.807) is 0 Å². The molecule has 0 radical (unpaired) electrons. The maximum atomic E-state index is 11.5. The van der Waals surface area contributed by atoms with Gasteiger partial charge in [-0.1, -0.05) is 0 Å². The van der Waals surface area contributed by atoms with E-state index in [4.69, 9.17) is 0 Å². The second-order valence-electron chi connectivity index (χ2n) is 3.14. The fraction of sp³-hybridized carbons (Fsp3) is 0.400. The maximum absolute atomic E-state index is 11.5. The van der Waals surface area contributed by atoms with Gasteiger partial charge in [0.1, 0.15) is 0 Å². The van der Waals surface area contributed by atoms with Crippen molar-refractivity contribution in [1.82, 2.24) is 0 Å². The van der Waals surface area contributed by atoms with Gasteiger partial charge in [0, 0.05) is 11.1 Å². The van der Waals surface area contributed by atoms with E-state index in [0.29, 0.717) is 0 Å². The van der Waals surface area contributed by atoms with E-state index in [1.807, 2.05) is 0 Å². The van der Waals surface area contributed by atoms with Crippen LogP contribution in [-0.4, -0.2) is 26.2 Å². The fourth-order valence-corrected chi connectivity index (χ4v) is 1.35. The van der Waals surface area contributed by atoms with E-state index in [9.17, 15) is 19.8 Å². The Bertz CT molecular complexity index is 361. The Hall–Kier alpha value is 0.0200. The molecule has 0 aromatic rings. The van der Waals surface area contributed by atoms with E-state index in [1.165, 1.54) is 0 Å². The molecule has 0 heterocycles. The zero-order valence-corrected chi connectivity index (χ0v) is 14.9. The first-order valence-corrected chi connectivity index (χ1v) is 4.46. The molecule has 0 saturated carbocycles. The molecule has 0 amide bonds. The summed E-state index contributed by atoms with van der Waals surface area (Å²) in [7, 11) is 2.24. The third kappa shape index (κ3) is 4.60. The predicted octanol–water partition coefficient (Wildman–Crippen LogP) is -7.64. The summed E-state index contributed by atoms with van der Waals surface area (Å²) in [6.07, 6.45) is -0.814. The number of ether oxygens (including phenoxy) is 2. The van der Waals surface area contributed by atoms with Crippen molar-refractivity contribution in [3.05, 3.63) is 22.7 Å². The van der Waals surface area contributed by atoms with Crippen molar-refractivity contribution in [2.45, 2.75) is 12.8 Å². The minimum atomic E-state index is -0.831. The molecule has 0 spiro atoms. The number of methoxy groups -OCH3 is 2. The SMILES string of the molecule is COC(=O)C1=C([O-])CC(C(=O)OC)=C([O-])C1.[Na+].[Na+]. The molecule has 1 aliphatic carbocycles. The van der Waals surface area contributed by atoms with Gasteiger partial charge in [0.05, 0.1) is 14.2 Å². The number of allylic oxidation sites excluding steroid dienone is 2. The second kappa shape index (κ2) is 9.01. The van der Waals surface area contributed by atoms with Gasteiger partial charge in [0.2, 0.25) is 0 Å². The molecule has 0 aliphatic heterocycles. The largest absolute Gasteiger partial charge is 1.00 e. The summed E-state index contributed by atoms with van der Waals surface area (Å²) in [5, 5.41) is 22.9. The van der Waals surface area contributed by atoms with E-state index < -0.39 is 36.3 Å². The van der Waals surface area contributed by atoms with Crippen LogP contribution in [0.25, 0.3) is 0 Å². The van der Waals surface area contributed by atoms with Gasteiger partial charge in [-0.15, -0.1) is 11.5 Å². The number of carbonyl (C=O) groups is 2. The molecule has 8 heteroatoms. The van der Waals surface area contributed by atoms with Gasteiger partial charge in [-0.25, -0.2) is 9.59 Å². The second-order valence-corrected chi connectivity index (χ2v) is 3.14. The number of rotatable bonds is 2. The summed E-state index contributed by atoms with van der Waals surface area (Å²) in [6.45, 7) is 0. The Morgan fingerprint density at radius 3 is 1.39 bits per heavy atom. The van der Waals surface area contributed by atoms with Crippen LogP contribution >= 0.6 is 0 Å². The first-order chi connectivity index (χ1) is 7.51. The van der Waals surface area contributed by atoms with Crippen LogP contribution in [0.5, 0.6) is 0 Å². The van der Waals surface area contributed by atoms with E-state index >= 15 is 0 Å². The van der Waals surface area contributed by atoms with Crippen LogP contribution in [0.2, 0.25) is 0 Å². The van der Waals surface area contributed by atoms with Crippen molar-refractivity contribution >= 4 is 11.9 Å². The van der Waals surface area contributed by atoms with Crippen LogP contribution in [0.4, 0.5) is 0 Å². The topological polar surface area (TPSA) is 98.7 Å². The molecule has 0 saturated heterocycles. The van der Waals surface area contributed by atoms with Gasteiger partial charge in [0.15, 0.2) is 0 Å². The third-order valence-electron chi connectivity index (χ3n) is 2.21. The molecule has 0 aromatic heterocycles. The molecule has 0 atom stereocenters. The third-order valence-corrected chi connectivity index (χ3v) is 2.21. The van der Waals surface area contributed by atoms with Crippen LogP contribution in [0, 0.1) is 0 Å². The number of esters is 2. The first kappa shape index (κ1) is 20.3. The molecule has 1 aliphatic rings. The van der Waals surface area contributed by atoms with Crippen LogP contribution < -0.4 is 69.3 Å². The van der Waals surface area contributed by atoms with Crippen molar-refractivity contribution in [1.29, 1.82) is 0 Å². The van der Waals surface area contributed by atoms with E-state index in [2.05, 4.69) is 9.47 Å². The quantitative estimate of drug-likeness (QED) is 0.366. The maximum Gasteiger partial charge on any atom is 1.00 e. The summed E-state index contributed by atoms with van der Waals surface area (Å²) in [4.78, 5) is 22.2. The molecule has 0 bridgehead atoms. The molecule has 0 N–H and O–H groups in total. The summed E-state index contributed by atoms with van der Waals surface area (Å²) in [5.74, 6) is -2.82. The molecule has 0 aromatic carbocycles.